The van der Waals surface area contributed by atoms with Gasteiger partial charge in [0.2, 0.25) is 0 Å². The van der Waals surface area contributed by atoms with Crippen molar-refractivity contribution in [2.45, 2.75) is 26.8 Å². The number of likely N-dealkylation sites (tertiary alicyclic amines) is 1. The van der Waals surface area contributed by atoms with Crippen molar-refractivity contribution in [2.75, 3.05) is 19.6 Å². The smallest absolute Gasteiger partial charge is 0.0453 e. The van der Waals surface area contributed by atoms with Gasteiger partial charge >= 0.3 is 0 Å². The van der Waals surface area contributed by atoms with Crippen molar-refractivity contribution in [3.8, 4) is 0 Å². The van der Waals surface area contributed by atoms with E-state index in [2.05, 4.69) is 30.9 Å². The molecule has 2 N–H and O–H groups in total. The Balaban J connectivity index is 2.03. The molecule has 1 aromatic carbocycles. The van der Waals surface area contributed by atoms with Gasteiger partial charge in [0.05, 0.1) is 0 Å². The molecular formula is C14H21ClN2. The molecule has 1 aromatic rings. The predicted octanol–water partition coefficient (Wildman–Crippen LogP) is 2.82. The Morgan fingerprint density at radius 1 is 1.47 bits per heavy atom. The Morgan fingerprint density at radius 2 is 2.24 bits per heavy atom. The third-order valence-electron chi connectivity index (χ3n) is 3.73. The van der Waals surface area contributed by atoms with E-state index in [1.807, 2.05) is 6.07 Å². The second-order valence-electron chi connectivity index (χ2n) is 5.57. The van der Waals surface area contributed by atoms with E-state index in [0.717, 1.165) is 31.2 Å². The molecule has 17 heavy (non-hydrogen) atoms. The third kappa shape index (κ3) is 3.01. The van der Waals surface area contributed by atoms with E-state index in [0.29, 0.717) is 0 Å². The van der Waals surface area contributed by atoms with Gasteiger partial charge in [0.25, 0.3) is 0 Å². The minimum absolute atomic E-state index is 0.289. The van der Waals surface area contributed by atoms with Gasteiger partial charge in [0.15, 0.2) is 0 Å². The fourth-order valence-corrected chi connectivity index (χ4v) is 2.74. The SMILES string of the molecule is Cc1ccc(CN2CCC(C)(CN)C2)c(Cl)c1. The van der Waals surface area contributed by atoms with Gasteiger partial charge in [0, 0.05) is 18.1 Å². The zero-order valence-electron chi connectivity index (χ0n) is 10.7. The standard InChI is InChI=1S/C14H21ClN2/c1-11-3-4-12(13(15)7-11)8-17-6-5-14(2,9-16)10-17/h3-4,7H,5-6,8-10,16H2,1-2H3. The van der Waals surface area contributed by atoms with Gasteiger partial charge in [-0.3, -0.25) is 4.90 Å². The lowest BCUT2D eigenvalue weighted by atomic mass is 9.90. The molecule has 1 heterocycles. The summed E-state index contributed by atoms with van der Waals surface area (Å²) in [6.45, 7) is 8.24. The Kier molecular flexibility index (Phi) is 3.76. The van der Waals surface area contributed by atoms with Crippen LogP contribution in [0.3, 0.4) is 0 Å². The molecule has 0 radical (unpaired) electrons. The molecule has 2 nitrogen and oxygen atoms in total. The summed E-state index contributed by atoms with van der Waals surface area (Å²) < 4.78 is 0. The Morgan fingerprint density at radius 3 is 2.82 bits per heavy atom. The van der Waals surface area contributed by atoms with Gasteiger partial charge in [-0.05, 0) is 49.0 Å². The molecule has 0 saturated carbocycles. The molecule has 0 aromatic heterocycles. The number of nitrogens with two attached hydrogens (primary N) is 1. The molecule has 0 spiro atoms. The number of aryl methyl sites for hydroxylation is 1. The highest BCUT2D eigenvalue weighted by Crippen LogP contribution is 2.30. The highest BCUT2D eigenvalue weighted by Gasteiger charge is 2.32. The summed E-state index contributed by atoms with van der Waals surface area (Å²) in [6.07, 6.45) is 1.19. The van der Waals surface area contributed by atoms with E-state index >= 15 is 0 Å². The highest BCUT2D eigenvalue weighted by molar-refractivity contribution is 6.31. The third-order valence-corrected chi connectivity index (χ3v) is 4.08. The van der Waals surface area contributed by atoms with Crippen molar-refractivity contribution in [2.24, 2.45) is 11.1 Å². The minimum Gasteiger partial charge on any atom is -0.330 e. The predicted molar refractivity (Wildman–Crippen MR) is 73.2 cm³/mol. The molecule has 1 fully saturated rings. The number of nitrogens with zero attached hydrogens (tertiary/aromatic N) is 1. The normalized spacial score (nSPS) is 25.4. The van der Waals surface area contributed by atoms with E-state index < -0.39 is 0 Å². The number of benzene rings is 1. The van der Waals surface area contributed by atoms with Crippen LogP contribution in [0.1, 0.15) is 24.5 Å². The van der Waals surface area contributed by atoms with Gasteiger partial charge < -0.3 is 5.73 Å². The number of hydrogen-bond donors (Lipinski definition) is 1. The average molecular weight is 253 g/mol. The Labute approximate surface area is 109 Å². The molecule has 94 valence electrons. The van der Waals surface area contributed by atoms with Crippen molar-refractivity contribution in [3.05, 3.63) is 34.3 Å². The zero-order valence-corrected chi connectivity index (χ0v) is 11.4. The molecule has 0 aliphatic carbocycles. The van der Waals surface area contributed by atoms with Crippen LogP contribution in [-0.2, 0) is 6.54 Å². The second kappa shape index (κ2) is 4.97. The molecular weight excluding hydrogens is 232 g/mol. The van der Waals surface area contributed by atoms with Crippen LogP contribution >= 0.6 is 11.6 Å². The lowest BCUT2D eigenvalue weighted by molar-refractivity contribution is 0.274. The van der Waals surface area contributed by atoms with Crippen molar-refractivity contribution >= 4 is 11.6 Å². The van der Waals surface area contributed by atoms with Gasteiger partial charge in [-0.1, -0.05) is 30.7 Å². The molecule has 2 rings (SSSR count). The van der Waals surface area contributed by atoms with Crippen LogP contribution in [0.25, 0.3) is 0 Å². The quantitative estimate of drug-likeness (QED) is 0.897. The van der Waals surface area contributed by atoms with Gasteiger partial charge in [-0.2, -0.15) is 0 Å². The first-order valence-electron chi connectivity index (χ1n) is 6.20. The summed E-state index contributed by atoms with van der Waals surface area (Å²) in [5, 5.41) is 0.881. The second-order valence-corrected chi connectivity index (χ2v) is 5.98. The van der Waals surface area contributed by atoms with Crippen molar-refractivity contribution < 1.29 is 0 Å². The van der Waals surface area contributed by atoms with E-state index in [-0.39, 0.29) is 5.41 Å². The van der Waals surface area contributed by atoms with Crippen LogP contribution in [0.15, 0.2) is 18.2 Å². The van der Waals surface area contributed by atoms with Gasteiger partial charge in [-0.15, -0.1) is 0 Å². The van der Waals surface area contributed by atoms with Gasteiger partial charge in [-0.25, -0.2) is 0 Å². The summed E-state index contributed by atoms with van der Waals surface area (Å²) in [5.74, 6) is 0. The summed E-state index contributed by atoms with van der Waals surface area (Å²) >= 11 is 6.26. The topological polar surface area (TPSA) is 29.3 Å². The first-order valence-corrected chi connectivity index (χ1v) is 6.58. The van der Waals surface area contributed by atoms with E-state index in [4.69, 9.17) is 17.3 Å². The van der Waals surface area contributed by atoms with Crippen molar-refractivity contribution in [1.29, 1.82) is 0 Å². The number of rotatable bonds is 3. The van der Waals surface area contributed by atoms with Crippen LogP contribution in [0, 0.1) is 12.3 Å². The molecule has 3 heteroatoms. The molecule has 0 amide bonds. The largest absolute Gasteiger partial charge is 0.330 e. The van der Waals surface area contributed by atoms with E-state index in [9.17, 15) is 0 Å². The molecule has 1 atom stereocenters. The lowest BCUT2D eigenvalue weighted by Gasteiger charge is -2.22. The Bertz CT molecular complexity index is 405. The van der Waals surface area contributed by atoms with Gasteiger partial charge in [0.1, 0.15) is 0 Å². The first-order chi connectivity index (χ1) is 8.02. The fraction of sp³-hybridized carbons (Fsp3) is 0.571. The van der Waals surface area contributed by atoms with Crippen molar-refractivity contribution in [1.82, 2.24) is 4.90 Å². The maximum absolute atomic E-state index is 6.26. The van der Waals surface area contributed by atoms with Crippen molar-refractivity contribution in [3.63, 3.8) is 0 Å². The summed E-state index contributed by atoms with van der Waals surface area (Å²) in [4.78, 5) is 2.45. The molecule has 1 aliphatic heterocycles. The first kappa shape index (κ1) is 12.9. The van der Waals surface area contributed by atoms with Crippen LogP contribution in [0.4, 0.5) is 0 Å². The minimum atomic E-state index is 0.289. The van der Waals surface area contributed by atoms with Crippen LogP contribution < -0.4 is 5.73 Å². The zero-order chi connectivity index (χ0) is 12.5. The lowest BCUT2D eigenvalue weighted by Crippen LogP contribution is -2.31. The average Bonchev–Trinajstić information content (AvgIpc) is 2.66. The maximum Gasteiger partial charge on any atom is 0.0453 e. The summed E-state index contributed by atoms with van der Waals surface area (Å²) in [7, 11) is 0. The van der Waals surface area contributed by atoms with Crippen LogP contribution in [0.2, 0.25) is 5.02 Å². The van der Waals surface area contributed by atoms with Crippen LogP contribution in [0.5, 0.6) is 0 Å². The molecule has 1 saturated heterocycles. The van der Waals surface area contributed by atoms with E-state index in [1.54, 1.807) is 0 Å². The fourth-order valence-electron chi connectivity index (χ4n) is 2.45. The molecule has 1 unspecified atom stereocenters. The Hall–Kier alpha value is -0.570. The molecule has 1 aliphatic rings. The summed E-state index contributed by atoms with van der Waals surface area (Å²) in [5.41, 5.74) is 8.55. The van der Waals surface area contributed by atoms with E-state index in [1.165, 1.54) is 17.5 Å². The monoisotopic (exact) mass is 252 g/mol. The maximum atomic E-state index is 6.26. The number of hydrogen-bond acceptors (Lipinski definition) is 2. The highest BCUT2D eigenvalue weighted by atomic mass is 35.5. The molecule has 0 bridgehead atoms. The number of halogens is 1. The van der Waals surface area contributed by atoms with Crippen LogP contribution in [-0.4, -0.2) is 24.5 Å². The summed E-state index contributed by atoms with van der Waals surface area (Å²) in [6, 6.07) is 6.30.